The summed E-state index contributed by atoms with van der Waals surface area (Å²) in [4.78, 5) is 16.0. The van der Waals surface area contributed by atoms with Crippen LogP contribution in [0.4, 0.5) is 0 Å². The molecule has 3 aliphatic rings. The first-order valence-corrected chi connectivity index (χ1v) is 11.2. The lowest BCUT2D eigenvalue weighted by Crippen LogP contribution is -2.61. The highest BCUT2D eigenvalue weighted by molar-refractivity contribution is 5.86. The average Bonchev–Trinajstić information content (AvgIpc) is 3.40. The molecular formula is C21H35N5O. The standard InChI is InChI=1S/C21H35N5O/c1-17(19-24-22-16-26(19)18-10-4-5-11-18)23-20(27)21(12-6-2-7-13-21)25-14-8-3-9-15-25/h16-18H,2-15H2,1H3,(H,23,27)/t17-/m1/s1. The zero-order valence-electron chi connectivity index (χ0n) is 16.8. The molecule has 0 radical (unpaired) electrons. The van der Waals surface area contributed by atoms with E-state index in [-0.39, 0.29) is 17.5 Å². The number of carbonyl (C=O) groups excluding carboxylic acids is 1. The van der Waals surface area contributed by atoms with Crippen molar-refractivity contribution in [2.45, 2.75) is 102 Å². The van der Waals surface area contributed by atoms with Gasteiger partial charge in [0, 0.05) is 6.04 Å². The fourth-order valence-electron chi connectivity index (χ4n) is 5.57. The Morgan fingerprint density at radius 1 is 1.07 bits per heavy atom. The van der Waals surface area contributed by atoms with Crippen molar-refractivity contribution in [3.63, 3.8) is 0 Å². The SMILES string of the molecule is C[C@@H](NC(=O)C1(N2CCCCC2)CCCCC1)c1nncn1C1CCCC1. The number of piperidine rings is 1. The molecule has 1 aromatic heterocycles. The molecule has 4 rings (SSSR count). The largest absolute Gasteiger partial charge is 0.345 e. The number of nitrogens with one attached hydrogen (secondary N) is 1. The Bertz CT molecular complexity index is 624. The van der Waals surface area contributed by atoms with E-state index in [4.69, 9.17) is 0 Å². The summed E-state index contributed by atoms with van der Waals surface area (Å²) in [5.41, 5.74) is -0.300. The van der Waals surface area contributed by atoms with Crippen LogP contribution in [0, 0.1) is 0 Å². The summed E-state index contributed by atoms with van der Waals surface area (Å²) >= 11 is 0. The van der Waals surface area contributed by atoms with E-state index in [2.05, 4.69) is 31.9 Å². The van der Waals surface area contributed by atoms with Gasteiger partial charge >= 0.3 is 0 Å². The van der Waals surface area contributed by atoms with Crippen molar-refractivity contribution >= 4 is 5.91 Å². The summed E-state index contributed by atoms with van der Waals surface area (Å²) < 4.78 is 2.21. The van der Waals surface area contributed by atoms with E-state index in [1.165, 1.54) is 51.4 Å². The Morgan fingerprint density at radius 2 is 1.74 bits per heavy atom. The molecule has 0 unspecified atom stereocenters. The second-order valence-corrected chi connectivity index (χ2v) is 8.87. The molecule has 0 spiro atoms. The van der Waals surface area contributed by atoms with Crippen LogP contribution < -0.4 is 5.32 Å². The minimum atomic E-state index is -0.300. The Morgan fingerprint density at radius 3 is 2.44 bits per heavy atom. The second-order valence-electron chi connectivity index (χ2n) is 8.87. The summed E-state index contributed by atoms with van der Waals surface area (Å²) in [6.07, 6.45) is 16.1. The molecule has 150 valence electrons. The van der Waals surface area contributed by atoms with Crippen molar-refractivity contribution in [3.8, 4) is 0 Å². The van der Waals surface area contributed by atoms with E-state index in [0.29, 0.717) is 6.04 Å². The van der Waals surface area contributed by atoms with E-state index in [9.17, 15) is 4.79 Å². The maximum absolute atomic E-state index is 13.5. The molecule has 3 fully saturated rings. The third kappa shape index (κ3) is 3.78. The molecule has 2 heterocycles. The van der Waals surface area contributed by atoms with Gasteiger partial charge in [-0.2, -0.15) is 0 Å². The third-order valence-corrected chi connectivity index (χ3v) is 7.12. The van der Waals surface area contributed by atoms with Gasteiger partial charge in [0.25, 0.3) is 0 Å². The zero-order valence-corrected chi connectivity index (χ0v) is 16.8. The summed E-state index contributed by atoms with van der Waals surface area (Å²) in [5, 5.41) is 11.9. The second kappa shape index (κ2) is 8.29. The lowest BCUT2D eigenvalue weighted by atomic mass is 9.78. The van der Waals surface area contributed by atoms with Crippen LogP contribution in [0.25, 0.3) is 0 Å². The van der Waals surface area contributed by atoms with E-state index in [1.807, 2.05) is 6.33 Å². The summed E-state index contributed by atoms with van der Waals surface area (Å²) in [6, 6.07) is 0.407. The summed E-state index contributed by atoms with van der Waals surface area (Å²) in [7, 11) is 0. The van der Waals surface area contributed by atoms with Crippen LogP contribution in [-0.2, 0) is 4.79 Å². The molecule has 0 aromatic carbocycles. The van der Waals surface area contributed by atoms with Gasteiger partial charge in [-0.3, -0.25) is 9.69 Å². The predicted octanol–water partition coefficient (Wildman–Crippen LogP) is 3.76. The molecule has 1 N–H and O–H groups in total. The summed E-state index contributed by atoms with van der Waals surface area (Å²) in [6.45, 7) is 4.21. The first-order valence-electron chi connectivity index (χ1n) is 11.2. The lowest BCUT2D eigenvalue weighted by molar-refractivity contribution is -0.138. The van der Waals surface area contributed by atoms with E-state index >= 15 is 0 Å². The monoisotopic (exact) mass is 373 g/mol. The van der Waals surface area contributed by atoms with Gasteiger partial charge in [0.1, 0.15) is 11.9 Å². The third-order valence-electron chi connectivity index (χ3n) is 7.12. The topological polar surface area (TPSA) is 63.1 Å². The van der Waals surface area contributed by atoms with Crippen LogP contribution in [0.15, 0.2) is 6.33 Å². The minimum absolute atomic E-state index is 0.0933. The molecule has 1 aliphatic heterocycles. The number of hydrogen-bond donors (Lipinski definition) is 1. The quantitative estimate of drug-likeness (QED) is 0.853. The van der Waals surface area contributed by atoms with Crippen molar-refractivity contribution in [1.82, 2.24) is 25.0 Å². The van der Waals surface area contributed by atoms with Gasteiger partial charge in [0.05, 0.1) is 6.04 Å². The molecule has 6 heteroatoms. The van der Waals surface area contributed by atoms with Crippen LogP contribution in [0.1, 0.15) is 102 Å². The smallest absolute Gasteiger partial charge is 0.241 e. The van der Waals surface area contributed by atoms with Gasteiger partial charge in [0.15, 0.2) is 5.82 Å². The maximum Gasteiger partial charge on any atom is 0.241 e. The zero-order chi connectivity index (χ0) is 18.7. The number of hydrogen-bond acceptors (Lipinski definition) is 4. The van der Waals surface area contributed by atoms with Crippen molar-refractivity contribution in [3.05, 3.63) is 12.2 Å². The van der Waals surface area contributed by atoms with Crippen molar-refractivity contribution in [2.75, 3.05) is 13.1 Å². The van der Waals surface area contributed by atoms with Crippen molar-refractivity contribution in [2.24, 2.45) is 0 Å². The average molecular weight is 374 g/mol. The number of rotatable bonds is 5. The fourth-order valence-corrected chi connectivity index (χ4v) is 5.57. The molecular weight excluding hydrogens is 338 g/mol. The normalized spacial score (nSPS) is 25.4. The van der Waals surface area contributed by atoms with Crippen LogP contribution in [0.3, 0.4) is 0 Å². The highest BCUT2D eigenvalue weighted by Crippen LogP contribution is 2.37. The number of aromatic nitrogens is 3. The van der Waals surface area contributed by atoms with Crippen molar-refractivity contribution in [1.29, 1.82) is 0 Å². The van der Waals surface area contributed by atoms with Gasteiger partial charge in [-0.25, -0.2) is 0 Å². The number of nitrogens with zero attached hydrogens (tertiary/aromatic N) is 4. The Hall–Kier alpha value is -1.43. The number of amides is 1. The molecule has 1 aromatic rings. The predicted molar refractivity (Wildman–Crippen MR) is 105 cm³/mol. The Labute approximate surface area is 163 Å². The Balaban J connectivity index is 1.50. The molecule has 27 heavy (non-hydrogen) atoms. The molecule has 1 saturated heterocycles. The van der Waals surface area contributed by atoms with Crippen LogP contribution >= 0.6 is 0 Å². The highest BCUT2D eigenvalue weighted by atomic mass is 16.2. The molecule has 1 atom stereocenters. The maximum atomic E-state index is 13.5. The van der Waals surface area contributed by atoms with E-state index < -0.39 is 0 Å². The first-order chi connectivity index (χ1) is 13.2. The fraction of sp³-hybridized carbons (Fsp3) is 0.857. The highest BCUT2D eigenvalue weighted by Gasteiger charge is 2.45. The first kappa shape index (κ1) is 18.9. The molecule has 0 bridgehead atoms. The van der Waals surface area contributed by atoms with Crippen LogP contribution in [0.5, 0.6) is 0 Å². The van der Waals surface area contributed by atoms with Gasteiger partial charge in [-0.1, -0.05) is 38.5 Å². The number of carbonyl (C=O) groups is 1. The number of likely N-dealkylation sites (tertiary alicyclic amines) is 1. The van der Waals surface area contributed by atoms with E-state index in [1.54, 1.807) is 0 Å². The van der Waals surface area contributed by atoms with Gasteiger partial charge in [-0.15, -0.1) is 10.2 Å². The lowest BCUT2D eigenvalue weighted by Gasteiger charge is -2.47. The molecule has 2 saturated carbocycles. The molecule has 2 aliphatic carbocycles. The van der Waals surface area contributed by atoms with Gasteiger partial charge < -0.3 is 9.88 Å². The molecule has 6 nitrogen and oxygen atoms in total. The van der Waals surface area contributed by atoms with Crippen LogP contribution in [-0.4, -0.2) is 44.2 Å². The van der Waals surface area contributed by atoms with Gasteiger partial charge in [0.2, 0.25) is 5.91 Å². The minimum Gasteiger partial charge on any atom is -0.345 e. The Kier molecular flexibility index (Phi) is 5.81. The van der Waals surface area contributed by atoms with Gasteiger partial charge in [-0.05, 0) is 58.5 Å². The summed E-state index contributed by atoms with van der Waals surface area (Å²) in [5.74, 6) is 1.14. The molecule has 1 amide bonds. The van der Waals surface area contributed by atoms with Crippen molar-refractivity contribution < 1.29 is 4.79 Å². The van der Waals surface area contributed by atoms with Crippen LogP contribution in [0.2, 0.25) is 0 Å². The van der Waals surface area contributed by atoms with E-state index in [0.717, 1.165) is 44.6 Å².